The van der Waals surface area contributed by atoms with Gasteiger partial charge in [0.1, 0.15) is 0 Å². The molecule has 100 valence electrons. The molecule has 0 aromatic heterocycles. The Balaban J connectivity index is -0.000000188. The van der Waals surface area contributed by atoms with Crippen LogP contribution in [0.1, 0.15) is 6.42 Å². The van der Waals surface area contributed by atoms with Gasteiger partial charge in [0.25, 0.3) is 0 Å². The lowest BCUT2D eigenvalue weighted by Crippen LogP contribution is -2.13. The predicted octanol–water partition coefficient (Wildman–Crippen LogP) is -1.36. The number of carboxylic acid groups (broad SMARTS) is 1. The SMILES string of the molecule is C=C(CCO)C(N)=O.C=CC(=O)O.OCCO. The molecule has 0 bridgehead atoms. The summed E-state index contributed by atoms with van der Waals surface area (Å²) < 4.78 is 0. The molecule has 17 heavy (non-hydrogen) atoms. The van der Waals surface area contributed by atoms with Gasteiger partial charge in [0.2, 0.25) is 5.91 Å². The molecule has 0 aromatic rings. The second-order valence-corrected chi connectivity index (χ2v) is 2.43. The first-order valence-electron chi connectivity index (χ1n) is 4.52. The Bertz CT molecular complexity index is 237. The van der Waals surface area contributed by atoms with Crippen LogP contribution in [0.3, 0.4) is 0 Å². The summed E-state index contributed by atoms with van der Waals surface area (Å²) in [4.78, 5) is 19.4. The summed E-state index contributed by atoms with van der Waals surface area (Å²) in [6, 6.07) is 0. The Morgan fingerprint density at radius 3 is 1.53 bits per heavy atom. The molecule has 0 heterocycles. The van der Waals surface area contributed by atoms with Crippen molar-refractivity contribution in [3.05, 3.63) is 24.8 Å². The van der Waals surface area contributed by atoms with E-state index >= 15 is 0 Å². The fourth-order valence-electron chi connectivity index (χ4n) is 0.258. The molecule has 6 N–H and O–H groups in total. The van der Waals surface area contributed by atoms with Gasteiger partial charge in [-0.25, -0.2) is 4.79 Å². The first kappa shape index (κ1) is 20.7. The van der Waals surface area contributed by atoms with Crippen molar-refractivity contribution < 1.29 is 30.0 Å². The van der Waals surface area contributed by atoms with E-state index in [-0.39, 0.29) is 31.8 Å². The number of rotatable bonds is 5. The maximum Gasteiger partial charge on any atom is 0.327 e. The van der Waals surface area contributed by atoms with Crippen molar-refractivity contribution >= 4 is 11.9 Å². The molecule has 0 aromatic carbocycles. The molecule has 0 aliphatic heterocycles. The monoisotopic (exact) mass is 249 g/mol. The maximum absolute atomic E-state index is 10.1. The highest BCUT2D eigenvalue weighted by atomic mass is 16.4. The zero-order valence-electron chi connectivity index (χ0n) is 9.50. The lowest BCUT2D eigenvalue weighted by atomic mass is 10.2. The number of carboxylic acids is 1. The summed E-state index contributed by atoms with van der Waals surface area (Å²) in [7, 11) is 0. The van der Waals surface area contributed by atoms with Crippen LogP contribution in [0.5, 0.6) is 0 Å². The Morgan fingerprint density at radius 1 is 1.12 bits per heavy atom. The third-order valence-corrected chi connectivity index (χ3v) is 1.04. The van der Waals surface area contributed by atoms with Gasteiger partial charge in [-0.2, -0.15) is 0 Å². The molecule has 0 aliphatic rings. The van der Waals surface area contributed by atoms with Crippen molar-refractivity contribution in [2.24, 2.45) is 5.73 Å². The summed E-state index contributed by atoms with van der Waals surface area (Å²) >= 11 is 0. The van der Waals surface area contributed by atoms with Gasteiger partial charge in [0.05, 0.1) is 13.2 Å². The van der Waals surface area contributed by atoms with Crippen molar-refractivity contribution in [2.75, 3.05) is 19.8 Å². The summed E-state index contributed by atoms with van der Waals surface area (Å²) in [5.74, 6) is -1.52. The molecule has 1 amide bonds. The number of nitrogens with two attached hydrogens (primary N) is 1. The van der Waals surface area contributed by atoms with Gasteiger partial charge >= 0.3 is 5.97 Å². The van der Waals surface area contributed by atoms with Crippen LogP contribution >= 0.6 is 0 Å². The van der Waals surface area contributed by atoms with Gasteiger partial charge in [-0.15, -0.1) is 0 Å². The molecule has 7 heteroatoms. The van der Waals surface area contributed by atoms with Crippen molar-refractivity contribution in [1.29, 1.82) is 0 Å². The average Bonchev–Trinajstić information content (AvgIpc) is 2.30. The normalized spacial score (nSPS) is 7.71. The third-order valence-electron chi connectivity index (χ3n) is 1.04. The number of aliphatic carboxylic acids is 1. The van der Waals surface area contributed by atoms with E-state index in [4.69, 9.17) is 26.2 Å². The molecule has 0 atom stereocenters. The number of hydrogen-bond acceptors (Lipinski definition) is 5. The molecule has 0 radical (unpaired) electrons. The molecule has 0 saturated carbocycles. The fourth-order valence-corrected chi connectivity index (χ4v) is 0.258. The zero-order valence-corrected chi connectivity index (χ0v) is 9.50. The number of primary amides is 1. The molecule has 7 nitrogen and oxygen atoms in total. The van der Waals surface area contributed by atoms with Crippen molar-refractivity contribution in [2.45, 2.75) is 6.42 Å². The number of carbonyl (C=O) groups is 2. The summed E-state index contributed by atoms with van der Waals surface area (Å²) in [5, 5.41) is 31.1. The topological polar surface area (TPSA) is 141 Å². The van der Waals surface area contributed by atoms with Gasteiger partial charge in [-0.1, -0.05) is 13.2 Å². The van der Waals surface area contributed by atoms with Crippen LogP contribution in [0.4, 0.5) is 0 Å². The highest BCUT2D eigenvalue weighted by molar-refractivity contribution is 5.91. The van der Waals surface area contributed by atoms with E-state index in [1.54, 1.807) is 0 Å². The number of hydrogen-bond donors (Lipinski definition) is 5. The van der Waals surface area contributed by atoms with Gasteiger partial charge < -0.3 is 26.2 Å². The van der Waals surface area contributed by atoms with Crippen LogP contribution < -0.4 is 5.73 Å². The molecule has 0 fully saturated rings. The standard InChI is InChI=1S/C5H9NO2.C3H4O2.C2H6O2/c1-4(2-3-7)5(6)8;1-2-3(4)5;3-1-2-4/h7H,1-3H2,(H2,6,8);2H,1H2,(H,4,5);3-4H,1-2H2. The van der Waals surface area contributed by atoms with Crippen molar-refractivity contribution in [3.8, 4) is 0 Å². The van der Waals surface area contributed by atoms with Crippen LogP contribution in [0.25, 0.3) is 0 Å². The first-order chi connectivity index (χ1) is 7.87. The Morgan fingerprint density at radius 2 is 1.47 bits per heavy atom. The number of aliphatic hydroxyl groups excluding tert-OH is 3. The van der Waals surface area contributed by atoms with E-state index < -0.39 is 11.9 Å². The second-order valence-electron chi connectivity index (χ2n) is 2.43. The molecule has 0 saturated heterocycles. The highest BCUT2D eigenvalue weighted by Crippen LogP contribution is 1.92. The molecule has 0 rings (SSSR count). The fraction of sp³-hybridized carbons (Fsp3) is 0.400. The summed E-state index contributed by atoms with van der Waals surface area (Å²) in [5.41, 5.74) is 5.04. The zero-order chi connectivity index (χ0) is 14.3. The van der Waals surface area contributed by atoms with Crippen LogP contribution in [-0.2, 0) is 9.59 Å². The van der Waals surface area contributed by atoms with Gasteiger partial charge in [0, 0.05) is 24.7 Å². The molecule has 0 unspecified atom stereocenters. The van der Waals surface area contributed by atoms with Gasteiger partial charge in [-0.3, -0.25) is 4.79 Å². The lowest BCUT2D eigenvalue weighted by Gasteiger charge is -1.93. The average molecular weight is 249 g/mol. The third kappa shape index (κ3) is 31.4. The van der Waals surface area contributed by atoms with E-state index in [1.165, 1.54) is 0 Å². The Kier molecular flexibility index (Phi) is 20.3. The van der Waals surface area contributed by atoms with Crippen LogP contribution in [0.2, 0.25) is 0 Å². The maximum atomic E-state index is 10.1. The van der Waals surface area contributed by atoms with E-state index in [9.17, 15) is 9.59 Å². The van der Waals surface area contributed by atoms with Gasteiger partial charge in [0.15, 0.2) is 0 Å². The minimum Gasteiger partial charge on any atom is -0.478 e. The van der Waals surface area contributed by atoms with Crippen molar-refractivity contribution in [3.63, 3.8) is 0 Å². The van der Waals surface area contributed by atoms with Crippen LogP contribution in [-0.4, -0.2) is 52.1 Å². The van der Waals surface area contributed by atoms with E-state index in [1.807, 2.05) is 0 Å². The van der Waals surface area contributed by atoms with E-state index in [0.29, 0.717) is 0 Å². The number of carbonyl (C=O) groups excluding carboxylic acids is 1. The lowest BCUT2D eigenvalue weighted by molar-refractivity contribution is -0.131. The van der Waals surface area contributed by atoms with E-state index in [2.05, 4.69) is 13.2 Å². The quantitative estimate of drug-likeness (QED) is 0.381. The largest absolute Gasteiger partial charge is 0.478 e. The second kappa shape index (κ2) is 16.7. The number of amides is 1. The number of aliphatic hydroxyl groups is 3. The minimum absolute atomic E-state index is 0.0677. The van der Waals surface area contributed by atoms with E-state index in [0.717, 1.165) is 6.08 Å². The summed E-state index contributed by atoms with van der Waals surface area (Å²) in [6.07, 6.45) is 1.11. The van der Waals surface area contributed by atoms with Crippen LogP contribution in [0.15, 0.2) is 24.8 Å². The summed E-state index contributed by atoms with van der Waals surface area (Å²) in [6.45, 7) is 5.95. The molecular weight excluding hydrogens is 230 g/mol. The Hall–Kier alpha value is -1.70. The highest BCUT2D eigenvalue weighted by Gasteiger charge is 1.97. The minimum atomic E-state index is -0.981. The predicted molar refractivity (Wildman–Crippen MR) is 62.0 cm³/mol. The molecule has 0 spiro atoms. The smallest absolute Gasteiger partial charge is 0.327 e. The van der Waals surface area contributed by atoms with Gasteiger partial charge in [-0.05, 0) is 0 Å². The Labute approximate surface area is 99.5 Å². The molecule has 0 aliphatic carbocycles. The van der Waals surface area contributed by atoms with Crippen molar-refractivity contribution in [1.82, 2.24) is 0 Å². The van der Waals surface area contributed by atoms with Crippen LogP contribution in [0, 0.1) is 0 Å². The molecular formula is C10H19NO6. The first-order valence-corrected chi connectivity index (χ1v) is 4.52.